The van der Waals surface area contributed by atoms with Crippen molar-refractivity contribution in [3.05, 3.63) is 42.5 Å². The molecule has 2 aromatic heterocycles. The first-order valence-electron chi connectivity index (χ1n) is 9.29. The number of carbonyl (C=O) groups excluding carboxylic acids is 2. The summed E-state index contributed by atoms with van der Waals surface area (Å²) in [6.07, 6.45) is 2.90. The molecule has 3 aromatic rings. The minimum Gasteiger partial charge on any atom is -0.355 e. The smallest absolute Gasteiger partial charge is 0.227 e. The highest BCUT2D eigenvalue weighted by Crippen LogP contribution is 2.25. The van der Waals surface area contributed by atoms with E-state index in [9.17, 15) is 14.0 Å². The number of rotatable bonds is 4. The quantitative estimate of drug-likeness (QED) is 0.698. The lowest BCUT2D eigenvalue weighted by atomic mass is 9.96. The topological polar surface area (TPSA) is 105 Å². The third-order valence-electron chi connectivity index (χ3n) is 4.88. The first-order chi connectivity index (χ1) is 14.0. The molecule has 10 heteroatoms. The van der Waals surface area contributed by atoms with Gasteiger partial charge in [0.05, 0.1) is 5.69 Å². The maximum Gasteiger partial charge on any atom is 0.227 e. The Hall–Kier alpha value is -3.56. The molecular weight excluding hydrogens is 377 g/mol. The molecule has 9 nitrogen and oxygen atoms in total. The Labute approximate surface area is 165 Å². The predicted molar refractivity (Wildman–Crippen MR) is 105 cm³/mol. The highest BCUT2D eigenvalue weighted by Gasteiger charge is 2.26. The second-order valence-electron chi connectivity index (χ2n) is 6.95. The summed E-state index contributed by atoms with van der Waals surface area (Å²) in [4.78, 5) is 25.9. The van der Waals surface area contributed by atoms with Gasteiger partial charge in [-0.25, -0.2) is 4.39 Å². The lowest BCUT2D eigenvalue weighted by Crippen LogP contribution is -2.38. The van der Waals surface area contributed by atoms with Crippen molar-refractivity contribution >= 4 is 34.7 Å². The van der Waals surface area contributed by atoms with E-state index in [1.807, 2.05) is 12.1 Å². The van der Waals surface area contributed by atoms with Crippen molar-refractivity contribution < 1.29 is 14.0 Å². The van der Waals surface area contributed by atoms with Crippen LogP contribution in [0.1, 0.15) is 19.8 Å². The van der Waals surface area contributed by atoms with Crippen molar-refractivity contribution in [3.63, 3.8) is 0 Å². The van der Waals surface area contributed by atoms with Crippen molar-refractivity contribution in [2.24, 2.45) is 5.92 Å². The fraction of sp³-hybridized carbons (Fsp3) is 0.316. The van der Waals surface area contributed by atoms with Gasteiger partial charge in [0, 0.05) is 31.6 Å². The molecule has 1 aliphatic heterocycles. The molecule has 29 heavy (non-hydrogen) atoms. The van der Waals surface area contributed by atoms with Gasteiger partial charge in [-0.2, -0.15) is 4.52 Å². The van der Waals surface area contributed by atoms with Gasteiger partial charge in [-0.15, -0.1) is 15.3 Å². The maximum atomic E-state index is 13.8. The highest BCUT2D eigenvalue weighted by atomic mass is 19.1. The number of hydrogen-bond acceptors (Lipinski definition) is 6. The lowest BCUT2D eigenvalue weighted by Gasteiger charge is -2.32. The number of aromatic nitrogens is 4. The Morgan fingerprint density at radius 1 is 1.14 bits per heavy atom. The number of halogens is 1. The van der Waals surface area contributed by atoms with Gasteiger partial charge in [0.2, 0.25) is 11.8 Å². The van der Waals surface area contributed by atoms with Crippen LogP contribution in [0, 0.1) is 11.7 Å². The standard InChI is InChI=1S/C19H20FN7O2/c1-12(28)22-16-10-14(2-3-15(16)20)23-19(29)13-6-8-26(9-7-13)18-5-4-17-24-21-11-27(17)25-18/h2-5,10-11,13H,6-9H2,1H3,(H,22,28)(H,23,29). The molecule has 150 valence electrons. The number of anilines is 3. The van der Waals surface area contributed by atoms with Gasteiger partial charge in [-0.3, -0.25) is 9.59 Å². The molecule has 0 aliphatic carbocycles. The molecule has 0 spiro atoms. The van der Waals surface area contributed by atoms with E-state index >= 15 is 0 Å². The molecule has 1 saturated heterocycles. The zero-order valence-electron chi connectivity index (χ0n) is 15.8. The summed E-state index contributed by atoms with van der Waals surface area (Å²) in [6.45, 7) is 2.69. The van der Waals surface area contributed by atoms with Crippen LogP contribution in [0.15, 0.2) is 36.7 Å². The molecule has 0 bridgehead atoms. The lowest BCUT2D eigenvalue weighted by molar-refractivity contribution is -0.120. The summed E-state index contributed by atoms with van der Waals surface area (Å²) in [5.41, 5.74) is 1.17. The van der Waals surface area contributed by atoms with Gasteiger partial charge in [0.1, 0.15) is 18.0 Å². The van der Waals surface area contributed by atoms with Crippen LogP contribution in [0.2, 0.25) is 0 Å². The summed E-state index contributed by atoms with van der Waals surface area (Å²) in [5.74, 6) is -0.386. The molecule has 1 aromatic carbocycles. The van der Waals surface area contributed by atoms with E-state index in [4.69, 9.17) is 0 Å². The van der Waals surface area contributed by atoms with Crippen LogP contribution in [0.5, 0.6) is 0 Å². The molecule has 2 amide bonds. The Kier molecular flexibility index (Phi) is 5.07. The van der Waals surface area contributed by atoms with E-state index in [2.05, 4.69) is 30.8 Å². The average Bonchev–Trinajstić information content (AvgIpc) is 3.18. The summed E-state index contributed by atoms with van der Waals surface area (Å²) in [7, 11) is 0. The predicted octanol–water partition coefficient (Wildman–Crippen LogP) is 2.08. The zero-order valence-corrected chi connectivity index (χ0v) is 15.8. The van der Waals surface area contributed by atoms with Gasteiger partial charge in [-0.05, 0) is 43.2 Å². The van der Waals surface area contributed by atoms with Crippen molar-refractivity contribution in [2.75, 3.05) is 28.6 Å². The molecule has 4 rings (SSSR count). The number of hydrogen-bond donors (Lipinski definition) is 2. The molecular formula is C19H20FN7O2. The fourth-order valence-corrected chi connectivity index (χ4v) is 3.39. The molecule has 3 heterocycles. The van der Waals surface area contributed by atoms with Crippen LogP contribution >= 0.6 is 0 Å². The van der Waals surface area contributed by atoms with Gasteiger partial charge in [-0.1, -0.05) is 0 Å². The van der Waals surface area contributed by atoms with Crippen LogP contribution in [-0.4, -0.2) is 44.7 Å². The molecule has 1 aliphatic rings. The summed E-state index contributed by atoms with van der Waals surface area (Å²) in [6, 6.07) is 7.87. The van der Waals surface area contributed by atoms with E-state index in [0.717, 1.165) is 5.82 Å². The van der Waals surface area contributed by atoms with Crippen LogP contribution in [0.4, 0.5) is 21.6 Å². The van der Waals surface area contributed by atoms with Crippen LogP contribution < -0.4 is 15.5 Å². The van der Waals surface area contributed by atoms with Crippen molar-refractivity contribution in [1.29, 1.82) is 0 Å². The highest BCUT2D eigenvalue weighted by molar-refractivity contribution is 5.94. The number of amides is 2. The van der Waals surface area contributed by atoms with E-state index in [-0.39, 0.29) is 23.4 Å². The van der Waals surface area contributed by atoms with Crippen molar-refractivity contribution in [1.82, 2.24) is 19.8 Å². The maximum absolute atomic E-state index is 13.8. The molecule has 2 N–H and O–H groups in total. The number of piperidine rings is 1. The first-order valence-corrected chi connectivity index (χ1v) is 9.29. The molecule has 0 saturated carbocycles. The van der Waals surface area contributed by atoms with E-state index in [1.165, 1.54) is 25.1 Å². The molecule has 1 fully saturated rings. The monoisotopic (exact) mass is 397 g/mol. The second kappa shape index (κ2) is 7.82. The van der Waals surface area contributed by atoms with Gasteiger partial charge < -0.3 is 15.5 Å². The van der Waals surface area contributed by atoms with Gasteiger partial charge >= 0.3 is 0 Å². The first kappa shape index (κ1) is 18.8. The third kappa shape index (κ3) is 4.15. The van der Waals surface area contributed by atoms with Crippen molar-refractivity contribution in [2.45, 2.75) is 19.8 Å². The number of benzene rings is 1. The normalized spacial score (nSPS) is 14.8. The summed E-state index contributed by atoms with van der Waals surface area (Å²) >= 11 is 0. The SMILES string of the molecule is CC(=O)Nc1cc(NC(=O)C2CCN(c3ccc4nncn4n3)CC2)ccc1F. The molecule has 0 unspecified atom stereocenters. The summed E-state index contributed by atoms with van der Waals surface area (Å²) in [5, 5.41) is 17.5. The number of nitrogens with one attached hydrogen (secondary N) is 2. The van der Waals surface area contributed by atoms with Gasteiger partial charge in [0.25, 0.3) is 0 Å². The summed E-state index contributed by atoms with van der Waals surface area (Å²) < 4.78 is 15.4. The minimum atomic E-state index is -0.552. The largest absolute Gasteiger partial charge is 0.355 e. The van der Waals surface area contributed by atoms with Gasteiger partial charge in [0.15, 0.2) is 5.65 Å². The Morgan fingerprint density at radius 3 is 2.69 bits per heavy atom. The Morgan fingerprint density at radius 2 is 1.93 bits per heavy atom. The van der Waals surface area contributed by atoms with Crippen LogP contribution in [0.3, 0.4) is 0 Å². The van der Waals surface area contributed by atoms with E-state index in [0.29, 0.717) is 37.3 Å². The third-order valence-corrected chi connectivity index (χ3v) is 4.88. The fourth-order valence-electron chi connectivity index (χ4n) is 3.39. The molecule has 0 radical (unpaired) electrons. The second-order valence-corrected chi connectivity index (χ2v) is 6.95. The average molecular weight is 397 g/mol. The Bertz CT molecular complexity index is 1060. The molecule has 0 atom stereocenters. The van der Waals surface area contributed by atoms with E-state index < -0.39 is 5.82 Å². The van der Waals surface area contributed by atoms with E-state index in [1.54, 1.807) is 10.8 Å². The number of fused-ring (bicyclic) bond motifs is 1. The van der Waals surface area contributed by atoms with Crippen LogP contribution in [0.25, 0.3) is 5.65 Å². The minimum absolute atomic E-state index is 0.0422. The van der Waals surface area contributed by atoms with Crippen LogP contribution in [-0.2, 0) is 9.59 Å². The van der Waals surface area contributed by atoms with Crippen molar-refractivity contribution in [3.8, 4) is 0 Å². The Balaban J connectivity index is 1.37. The zero-order chi connectivity index (χ0) is 20.4. The number of carbonyl (C=O) groups is 2. The number of nitrogens with zero attached hydrogens (tertiary/aromatic N) is 5.